The summed E-state index contributed by atoms with van der Waals surface area (Å²) in [6.45, 7) is 0.298. The van der Waals surface area contributed by atoms with Crippen LogP contribution >= 0.6 is 0 Å². The molecule has 0 spiro atoms. The lowest BCUT2D eigenvalue weighted by atomic mass is 10.1. The first-order valence-electron chi connectivity index (χ1n) is 8.58. The number of phenols is 1. The quantitative estimate of drug-likeness (QED) is 0.246. The van der Waals surface area contributed by atoms with Crippen LogP contribution in [0.15, 0.2) is 48.5 Å². The van der Waals surface area contributed by atoms with Crippen LogP contribution in [0.5, 0.6) is 11.5 Å². The first-order chi connectivity index (χ1) is 13.5. The molecule has 28 heavy (non-hydrogen) atoms. The molecule has 0 bridgehead atoms. The standard InChI is InChI=1S/C20H23NO7/c1-26-19-13-16(7-9-18(19)22)8-10-20(23)27-14-17-5-2-4-15(12-17)6-3-11-28-21(24)25/h2,4-5,7-10,12-13,22,24-25H,3,6,11,14H2,1H3/b10-8+. The molecule has 8 heteroatoms. The van der Waals surface area contributed by atoms with Crippen molar-refractivity contribution in [3.8, 4) is 11.5 Å². The van der Waals surface area contributed by atoms with Gasteiger partial charge < -0.3 is 14.6 Å². The van der Waals surface area contributed by atoms with Crippen molar-refractivity contribution < 1.29 is 34.6 Å². The predicted octanol–water partition coefficient (Wildman–Crippen LogP) is 3.10. The SMILES string of the molecule is COc1cc(/C=C/C(=O)OCc2cccc(CCCON(O)O)c2)ccc1O. The van der Waals surface area contributed by atoms with Crippen molar-refractivity contribution in [1.82, 2.24) is 5.39 Å². The molecule has 0 fully saturated rings. The van der Waals surface area contributed by atoms with E-state index in [1.807, 2.05) is 24.3 Å². The Balaban J connectivity index is 1.83. The smallest absolute Gasteiger partial charge is 0.331 e. The number of phenolic OH excluding ortho intramolecular Hbond substituents is 1. The fourth-order valence-corrected chi connectivity index (χ4v) is 2.46. The monoisotopic (exact) mass is 389 g/mol. The molecule has 0 saturated heterocycles. The maximum absolute atomic E-state index is 11.9. The summed E-state index contributed by atoms with van der Waals surface area (Å²) in [7, 11) is 1.45. The lowest BCUT2D eigenvalue weighted by Crippen LogP contribution is -2.15. The molecule has 0 amide bonds. The van der Waals surface area contributed by atoms with Gasteiger partial charge in [0.05, 0.1) is 19.1 Å². The van der Waals surface area contributed by atoms with Crippen molar-refractivity contribution in [3.05, 3.63) is 65.2 Å². The van der Waals surface area contributed by atoms with Gasteiger partial charge >= 0.3 is 5.97 Å². The molecule has 2 rings (SSSR count). The number of carbonyl (C=O) groups excluding carboxylic acids is 1. The highest BCUT2D eigenvalue weighted by Gasteiger charge is 2.03. The van der Waals surface area contributed by atoms with Crippen molar-refractivity contribution >= 4 is 12.0 Å². The van der Waals surface area contributed by atoms with Crippen LogP contribution in [0.1, 0.15) is 23.1 Å². The van der Waals surface area contributed by atoms with Crippen LogP contribution in [0.2, 0.25) is 0 Å². The van der Waals surface area contributed by atoms with E-state index in [9.17, 15) is 9.90 Å². The molecule has 150 valence electrons. The summed E-state index contributed by atoms with van der Waals surface area (Å²) in [4.78, 5) is 16.4. The van der Waals surface area contributed by atoms with Crippen LogP contribution < -0.4 is 4.74 Å². The zero-order chi connectivity index (χ0) is 20.4. The van der Waals surface area contributed by atoms with E-state index in [1.54, 1.807) is 18.2 Å². The minimum Gasteiger partial charge on any atom is -0.504 e. The van der Waals surface area contributed by atoms with Gasteiger partial charge in [0.25, 0.3) is 0 Å². The van der Waals surface area contributed by atoms with Gasteiger partial charge in [-0.1, -0.05) is 30.3 Å². The Morgan fingerprint density at radius 3 is 2.68 bits per heavy atom. The Morgan fingerprint density at radius 1 is 1.14 bits per heavy atom. The van der Waals surface area contributed by atoms with E-state index in [0.717, 1.165) is 11.1 Å². The maximum Gasteiger partial charge on any atom is 0.331 e. The Labute approximate surface area is 162 Å². The number of aryl methyl sites for hydroxylation is 1. The average molecular weight is 389 g/mol. The van der Waals surface area contributed by atoms with Crippen molar-refractivity contribution in [2.24, 2.45) is 0 Å². The van der Waals surface area contributed by atoms with Crippen molar-refractivity contribution in [2.75, 3.05) is 13.7 Å². The van der Waals surface area contributed by atoms with Gasteiger partial charge in [0, 0.05) is 6.08 Å². The molecular weight excluding hydrogens is 366 g/mol. The molecule has 0 aliphatic rings. The number of ether oxygens (including phenoxy) is 2. The van der Waals surface area contributed by atoms with E-state index >= 15 is 0 Å². The minimum absolute atomic E-state index is 0.0266. The van der Waals surface area contributed by atoms with Gasteiger partial charge in [0.1, 0.15) is 6.61 Å². The molecule has 2 aromatic carbocycles. The summed E-state index contributed by atoms with van der Waals surface area (Å²) < 4.78 is 10.3. The number of hydrogen-bond acceptors (Lipinski definition) is 8. The van der Waals surface area contributed by atoms with Gasteiger partial charge in [0.2, 0.25) is 0 Å². The average Bonchev–Trinajstić information content (AvgIpc) is 2.69. The van der Waals surface area contributed by atoms with E-state index in [1.165, 1.54) is 19.3 Å². The number of hydrogen-bond donors (Lipinski definition) is 3. The van der Waals surface area contributed by atoms with Gasteiger partial charge in [-0.05, 0) is 47.7 Å². The number of benzene rings is 2. The molecule has 0 aliphatic heterocycles. The topological polar surface area (TPSA) is 109 Å². The second-order valence-electron chi connectivity index (χ2n) is 5.88. The number of methoxy groups -OCH3 is 1. The fourth-order valence-electron chi connectivity index (χ4n) is 2.46. The first-order valence-corrected chi connectivity index (χ1v) is 8.58. The molecule has 0 aliphatic carbocycles. The molecule has 0 heterocycles. The van der Waals surface area contributed by atoms with Gasteiger partial charge in [-0.25, -0.2) is 4.79 Å². The van der Waals surface area contributed by atoms with E-state index in [4.69, 9.17) is 19.9 Å². The highest BCUT2D eigenvalue weighted by molar-refractivity contribution is 5.87. The van der Waals surface area contributed by atoms with Crippen LogP contribution in [0.4, 0.5) is 0 Å². The number of esters is 1. The lowest BCUT2D eigenvalue weighted by molar-refractivity contribution is -0.492. The van der Waals surface area contributed by atoms with Crippen LogP contribution in [0.25, 0.3) is 6.08 Å². The van der Waals surface area contributed by atoms with Crippen molar-refractivity contribution in [2.45, 2.75) is 19.4 Å². The summed E-state index contributed by atoms with van der Waals surface area (Å²) in [5, 5.41) is 26.2. The highest BCUT2D eigenvalue weighted by atomic mass is 17.1. The van der Waals surface area contributed by atoms with Gasteiger partial charge in [-0.3, -0.25) is 15.3 Å². The molecule has 2 aromatic rings. The van der Waals surface area contributed by atoms with E-state index in [2.05, 4.69) is 4.84 Å². The Kier molecular flexibility index (Phi) is 8.44. The van der Waals surface area contributed by atoms with Crippen molar-refractivity contribution in [3.63, 3.8) is 0 Å². The second kappa shape index (κ2) is 11.1. The molecular formula is C20H23NO7. The van der Waals surface area contributed by atoms with Crippen LogP contribution in [0, 0.1) is 0 Å². The summed E-state index contributed by atoms with van der Waals surface area (Å²) in [6, 6.07) is 12.3. The molecule has 8 nitrogen and oxygen atoms in total. The van der Waals surface area contributed by atoms with Crippen LogP contribution in [-0.4, -0.2) is 40.6 Å². The van der Waals surface area contributed by atoms with E-state index in [0.29, 0.717) is 24.2 Å². The zero-order valence-corrected chi connectivity index (χ0v) is 15.4. The number of carbonyl (C=O) groups is 1. The molecule has 0 radical (unpaired) electrons. The zero-order valence-electron chi connectivity index (χ0n) is 15.4. The summed E-state index contributed by atoms with van der Waals surface area (Å²) >= 11 is 0. The van der Waals surface area contributed by atoms with Crippen molar-refractivity contribution in [1.29, 1.82) is 0 Å². The largest absolute Gasteiger partial charge is 0.504 e. The fraction of sp³-hybridized carbons (Fsp3) is 0.250. The molecule has 0 aromatic heterocycles. The Morgan fingerprint density at radius 2 is 1.93 bits per heavy atom. The Hall–Kier alpha value is -2.91. The maximum atomic E-state index is 11.9. The third-order valence-corrected chi connectivity index (χ3v) is 3.80. The predicted molar refractivity (Wildman–Crippen MR) is 99.6 cm³/mol. The number of aromatic hydroxyl groups is 1. The van der Waals surface area contributed by atoms with Crippen LogP contribution in [-0.2, 0) is 27.4 Å². The molecule has 0 unspecified atom stereocenters. The summed E-state index contributed by atoms with van der Waals surface area (Å²) in [5.41, 5.74) is 2.56. The summed E-state index contributed by atoms with van der Waals surface area (Å²) in [5.74, 6) is -0.140. The number of rotatable bonds is 10. The summed E-state index contributed by atoms with van der Waals surface area (Å²) in [6.07, 6.45) is 4.16. The van der Waals surface area contributed by atoms with Gasteiger partial charge in [-0.2, -0.15) is 0 Å². The molecule has 0 saturated carbocycles. The van der Waals surface area contributed by atoms with E-state index in [-0.39, 0.29) is 24.4 Å². The van der Waals surface area contributed by atoms with Gasteiger partial charge in [-0.15, -0.1) is 0 Å². The van der Waals surface area contributed by atoms with E-state index < -0.39 is 5.97 Å². The lowest BCUT2D eigenvalue weighted by Gasteiger charge is -2.07. The molecule has 0 atom stereocenters. The van der Waals surface area contributed by atoms with Gasteiger partial charge in [0.15, 0.2) is 11.5 Å². The third-order valence-electron chi connectivity index (χ3n) is 3.80. The second-order valence-corrected chi connectivity index (χ2v) is 5.88. The highest BCUT2D eigenvalue weighted by Crippen LogP contribution is 2.26. The minimum atomic E-state index is -0.489. The van der Waals surface area contributed by atoms with Crippen LogP contribution in [0.3, 0.4) is 0 Å². The number of nitrogens with zero attached hydrogens (tertiary/aromatic N) is 1. The Bertz CT molecular complexity index is 805. The normalized spacial score (nSPS) is 11.1. The molecule has 3 N–H and O–H groups in total. The third kappa shape index (κ3) is 7.37. The first kappa shape index (κ1) is 21.4.